The molecule has 0 spiro atoms. The summed E-state index contributed by atoms with van der Waals surface area (Å²) in [5.74, 6) is 0.0854. The van der Waals surface area contributed by atoms with E-state index in [0.29, 0.717) is 16.2 Å². The third-order valence-corrected chi connectivity index (χ3v) is 2.26. The Kier molecular flexibility index (Phi) is 3.48. The number of hydrogen-bond donors (Lipinski definition) is 1. The van der Waals surface area contributed by atoms with E-state index in [9.17, 15) is 4.39 Å². The van der Waals surface area contributed by atoms with E-state index in [4.69, 9.17) is 0 Å². The number of rotatable bonds is 3. The monoisotopic (exact) mass is 201 g/mol. The second-order valence-electron chi connectivity index (χ2n) is 2.76. The highest BCUT2D eigenvalue weighted by atomic mass is 32.2. The van der Waals surface area contributed by atoms with Crippen LogP contribution in [0.15, 0.2) is 11.2 Å². The van der Waals surface area contributed by atoms with Crippen molar-refractivity contribution in [2.24, 2.45) is 0 Å². The fraction of sp³-hybridized carbons (Fsp3) is 0.500. The molecule has 5 heteroatoms. The first-order valence-electron chi connectivity index (χ1n) is 4.00. The van der Waals surface area contributed by atoms with Crippen molar-refractivity contribution in [2.45, 2.75) is 24.1 Å². The Hall–Kier alpha value is -0.840. The molecule has 3 nitrogen and oxygen atoms in total. The molecular weight excluding hydrogens is 189 g/mol. The molecule has 0 atom stereocenters. The maximum absolute atomic E-state index is 13.1. The average Bonchev–Trinajstić information content (AvgIpc) is 2.08. The molecule has 0 aliphatic rings. The lowest BCUT2D eigenvalue weighted by Crippen LogP contribution is -2.00. The first-order valence-corrected chi connectivity index (χ1v) is 4.88. The molecule has 0 aliphatic carbocycles. The number of hydrogen-bond acceptors (Lipinski definition) is 4. The molecule has 0 unspecified atom stereocenters. The molecule has 0 radical (unpaired) electrons. The fourth-order valence-electron chi connectivity index (χ4n) is 0.778. The molecule has 13 heavy (non-hydrogen) atoms. The number of halogens is 1. The molecule has 0 amide bonds. The highest BCUT2D eigenvalue weighted by Crippen LogP contribution is 2.23. The standard InChI is InChI=1S/C8H12FN3S/c1-5(2)13-7-6(9)4-11-8(10-3)12-7/h4-5H,1-3H3,(H,10,11,12). The van der Waals surface area contributed by atoms with Gasteiger partial charge in [-0.05, 0) is 0 Å². The maximum Gasteiger partial charge on any atom is 0.223 e. The molecule has 0 aliphatic heterocycles. The van der Waals surface area contributed by atoms with E-state index in [1.165, 1.54) is 18.0 Å². The summed E-state index contributed by atoms with van der Waals surface area (Å²) >= 11 is 1.39. The predicted octanol–water partition coefficient (Wildman–Crippen LogP) is 2.16. The van der Waals surface area contributed by atoms with Crippen LogP contribution in [-0.4, -0.2) is 22.3 Å². The number of aromatic nitrogens is 2. The first kappa shape index (κ1) is 10.2. The number of nitrogens with zero attached hydrogens (tertiary/aromatic N) is 2. The van der Waals surface area contributed by atoms with Crippen LogP contribution in [0.3, 0.4) is 0 Å². The summed E-state index contributed by atoms with van der Waals surface area (Å²) in [6, 6.07) is 0. The summed E-state index contributed by atoms with van der Waals surface area (Å²) in [5.41, 5.74) is 0. The van der Waals surface area contributed by atoms with Crippen molar-refractivity contribution in [1.29, 1.82) is 0 Å². The van der Waals surface area contributed by atoms with Crippen LogP contribution in [0.1, 0.15) is 13.8 Å². The molecule has 0 saturated carbocycles. The molecule has 1 aromatic rings. The van der Waals surface area contributed by atoms with Crippen molar-refractivity contribution in [3.05, 3.63) is 12.0 Å². The smallest absolute Gasteiger partial charge is 0.223 e. The Morgan fingerprint density at radius 2 is 2.23 bits per heavy atom. The van der Waals surface area contributed by atoms with E-state index in [2.05, 4.69) is 15.3 Å². The zero-order valence-corrected chi connectivity index (χ0v) is 8.65. The molecule has 1 heterocycles. The summed E-state index contributed by atoms with van der Waals surface area (Å²) in [6.45, 7) is 3.98. The highest BCUT2D eigenvalue weighted by molar-refractivity contribution is 7.99. The Labute approximate surface area is 81.2 Å². The lowest BCUT2D eigenvalue weighted by molar-refractivity contribution is 0.580. The van der Waals surface area contributed by atoms with Gasteiger partial charge in [-0.1, -0.05) is 13.8 Å². The van der Waals surface area contributed by atoms with Gasteiger partial charge in [-0.15, -0.1) is 11.8 Å². The Balaban J connectivity index is 2.90. The van der Waals surface area contributed by atoms with Crippen molar-refractivity contribution >= 4 is 17.7 Å². The van der Waals surface area contributed by atoms with E-state index in [0.717, 1.165) is 0 Å². The van der Waals surface area contributed by atoms with E-state index >= 15 is 0 Å². The van der Waals surface area contributed by atoms with E-state index in [1.54, 1.807) is 7.05 Å². The molecule has 0 saturated heterocycles. The molecular formula is C8H12FN3S. The lowest BCUT2D eigenvalue weighted by atomic mass is 10.6. The topological polar surface area (TPSA) is 37.8 Å². The summed E-state index contributed by atoms with van der Waals surface area (Å²) in [5, 5.41) is 3.48. The Morgan fingerprint density at radius 1 is 1.54 bits per heavy atom. The number of thioether (sulfide) groups is 1. The van der Waals surface area contributed by atoms with Gasteiger partial charge in [0.15, 0.2) is 5.82 Å². The molecule has 1 rings (SSSR count). The second kappa shape index (κ2) is 4.41. The average molecular weight is 201 g/mol. The van der Waals surface area contributed by atoms with E-state index in [-0.39, 0.29) is 5.82 Å². The van der Waals surface area contributed by atoms with Gasteiger partial charge in [0.1, 0.15) is 5.03 Å². The van der Waals surface area contributed by atoms with Crippen LogP contribution in [0.5, 0.6) is 0 Å². The first-order chi connectivity index (χ1) is 6.13. The quantitative estimate of drug-likeness (QED) is 0.600. The maximum atomic E-state index is 13.1. The normalized spacial score (nSPS) is 10.5. The minimum atomic E-state index is -0.363. The van der Waals surface area contributed by atoms with Gasteiger partial charge < -0.3 is 5.32 Å². The van der Waals surface area contributed by atoms with Crippen molar-refractivity contribution in [3.8, 4) is 0 Å². The summed E-state index contributed by atoms with van der Waals surface area (Å²) in [6.07, 6.45) is 1.18. The number of nitrogens with one attached hydrogen (secondary N) is 1. The minimum absolute atomic E-state index is 0.314. The van der Waals surface area contributed by atoms with Crippen LogP contribution in [0.4, 0.5) is 10.3 Å². The van der Waals surface area contributed by atoms with Gasteiger partial charge in [0.2, 0.25) is 5.95 Å². The molecule has 1 N–H and O–H groups in total. The van der Waals surface area contributed by atoms with Gasteiger partial charge in [-0.3, -0.25) is 0 Å². The molecule has 72 valence electrons. The van der Waals surface area contributed by atoms with E-state index < -0.39 is 0 Å². The third-order valence-electron chi connectivity index (χ3n) is 1.28. The lowest BCUT2D eigenvalue weighted by Gasteiger charge is -2.05. The summed E-state index contributed by atoms with van der Waals surface area (Å²) in [7, 11) is 1.71. The van der Waals surface area contributed by atoms with Crippen LogP contribution in [0, 0.1) is 5.82 Å². The van der Waals surface area contributed by atoms with Crippen LogP contribution in [0.25, 0.3) is 0 Å². The number of anilines is 1. The van der Waals surface area contributed by atoms with Gasteiger partial charge in [0, 0.05) is 12.3 Å². The van der Waals surface area contributed by atoms with Gasteiger partial charge in [-0.25, -0.2) is 14.4 Å². The largest absolute Gasteiger partial charge is 0.357 e. The summed E-state index contributed by atoms with van der Waals surface area (Å²) < 4.78 is 13.1. The van der Waals surface area contributed by atoms with Crippen LogP contribution >= 0.6 is 11.8 Å². The van der Waals surface area contributed by atoms with Crippen molar-refractivity contribution < 1.29 is 4.39 Å². The van der Waals surface area contributed by atoms with Gasteiger partial charge in [0.05, 0.1) is 6.20 Å². The van der Waals surface area contributed by atoms with Crippen LogP contribution in [-0.2, 0) is 0 Å². The zero-order chi connectivity index (χ0) is 9.84. The molecule has 0 bridgehead atoms. The SMILES string of the molecule is CNc1ncc(F)c(SC(C)C)n1. The molecule has 0 fully saturated rings. The summed E-state index contributed by atoms with van der Waals surface area (Å²) in [4.78, 5) is 7.75. The van der Waals surface area contributed by atoms with Crippen molar-refractivity contribution in [2.75, 3.05) is 12.4 Å². The van der Waals surface area contributed by atoms with Crippen LogP contribution in [0.2, 0.25) is 0 Å². The second-order valence-corrected chi connectivity index (χ2v) is 4.33. The van der Waals surface area contributed by atoms with Crippen molar-refractivity contribution in [1.82, 2.24) is 9.97 Å². The van der Waals surface area contributed by atoms with Gasteiger partial charge >= 0.3 is 0 Å². The van der Waals surface area contributed by atoms with Gasteiger partial charge in [-0.2, -0.15) is 0 Å². The molecule has 1 aromatic heterocycles. The third kappa shape index (κ3) is 2.84. The highest BCUT2D eigenvalue weighted by Gasteiger charge is 2.08. The van der Waals surface area contributed by atoms with Crippen LogP contribution < -0.4 is 5.32 Å². The molecule has 0 aromatic carbocycles. The fourth-order valence-corrected chi connectivity index (χ4v) is 1.53. The predicted molar refractivity (Wildman–Crippen MR) is 52.5 cm³/mol. The van der Waals surface area contributed by atoms with Gasteiger partial charge in [0.25, 0.3) is 0 Å². The van der Waals surface area contributed by atoms with Crippen molar-refractivity contribution in [3.63, 3.8) is 0 Å². The Bertz CT molecular complexity index is 291. The Morgan fingerprint density at radius 3 is 2.77 bits per heavy atom. The van der Waals surface area contributed by atoms with E-state index in [1.807, 2.05) is 13.8 Å². The minimum Gasteiger partial charge on any atom is -0.357 e. The zero-order valence-electron chi connectivity index (χ0n) is 7.84.